The minimum Gasteiger partial charge on any atom is -0.396 e. The number of anilines is 1. The summed E-state index contributed by atoms with van der Waals surface area (Å²) in [6, 6.07) is 13.5. The third-order valence-electron chi connectivity index (χ3n) is 8.70. The van der Waals surface area contributed by atoms with Crippen molar-refractivity contribution in [1.29, 1.82) is 0 Å². The number of fused-ring (bicyclic) bond motifs is 1. The Balaban J connectivity index is 1.48. The molecule has 4 nitrogen and oxygen atoms in total. The summed E-state index contributed by atoms with van der Waals surface area (Å²) in [5, 5.41) is 9.09. The Morgan fingerprint density at radius 2 is 1.71 bits per heavy atom. The second-order valence-electron chi connectivity index (χ2n) is 11.9. The number of pyridine rings is 1. The predicted octanol–water partition coefficient (Wildman–Crippen LogP) is 6.05. The van der Waals surface area contributed by atoms with Crippen LogP contribution >= 0.6 is 0 Å². The molecule has 4 rings (SSSR count). The van der Waals surface area contributed by atoms with E-state index in [2.05, 4.69) is 69.0 Å². The molecule has 1 saturated heterocycles. The molecule has 4 heteroatoms. The maximum atomic E-state index is 9.09. The van der Waals surface area contributed by atoms with Gasteiger partial charge in [-0.15, -0.1) is 0 Å². The van der Waals surface area contributed by atoms with E-state index in [-0.39, 0.29) is 17.4 Å². The van der Waals surface area contributed by atoms with Gasteiger partial charge in [-0.3, -0.25) is 0 Å². The lowest BCUT2D eigenvalue weighted by Gasteiger charge is -2.42. The molecule has 1 aromatic heterocycles. The van der Waals surface area contributed by atoms with Gasteiger partial charge in [0.2, 0.25) is 0 Å². The summed E-state index contributed by atoms with van der Waals surface area (Å²) < 4.78 is 0. The Hall–Kier alpha value is -1.91. The molecule has 1 fully saturated rings. The van der Waals surface area contributed by atoms with E-state index < -0.39 is 0 Å². The van der Waals surface area contributed by atoms with Crippen molar-refractivity contribution >= 4 is 5.82 Å². The average molecular weight is 464 g/mol. The average Bonchev–Trinajstić information content (AvgIpc) is 2.85. The number of benzene rings is 1. The first kappa shape index (κ1) is 25.2. The van der Waals surface area contributed by atoms with Crippen molar-refractivity contribution in [3.63, 3.8) is 0 Å². The number of hydrogen-bond acceptors (Lipinski definition) is 4. The minimum absolute atomic E-state index is 0.205. The smallest absolute Gasteiger partial charge is 0.129 e. The molecule has 0 saturated carbocycles. The summed E-state index contributed by atoms with van der Waals surface area (Å²) in [6.07, 6.45) is 7.93. The first-order valence-electron chi connectivity index (χ1n) is 13.4. The van der Waals surface area contributed by atoms with E-state index in [1.165, 1.54) is 42.4 Å². The third kappa shape index (κ3) is 5.33. The van der Waals surface area contributed by atoms with Crippen LogP contribution in [0.1, 0.15) is 83.8 Å². The molecule has 0 radical (unpaired) electrons. The number of piperidine rings is 1. The molecule has 1 aliphatic carbocycles. The molecule has 186 valence electrons. The van der Waals surface area contributed by atoms with E-state index >= 15 is 0 Å². The van der Waals surface area contributed by atoms with Gasteiger partial charge >= 0.3 is 0 Å². The highest BCUT2D eigenvalue weighted by atomic mass is 16.2. The van der Waals surface area contributed by atoms with Crippen LogP contribution < -0.4 is 10.6 Å². The van der Waals surface area contributed by atoms with Crippen molar-refractivity contribution in [3.8, 4) is 11.3 Å². The predicted molar refractivity (Wildman–Crippen MR) is 143 cm³/mol. The van der Waals surface area contributed by atoms with Crippen LogP contribution in [-0.4, -0.2) is 36.3 Å². The number of nitrogens with zero attached hydrogens (tertiary/aromatic N) is 2. The normalized spacial score (nSPS) is 20.7. The van der Waals surface area contributed by atoms with Gasteiger partial charge in [-0.25, -0.2) is 4.98 Å². The zero-order valence-corrected chi connectivity index (χ0v) is 21.8. The van der Waals surface area contributed by atoms with E-state index in [4.69, 9.17) is 15.8 Å². The Morgan fingerprint density at radius 3 is 2.38 bits per heavy atom. The Bertz CT molecular complexity index is 959. The van der Waals surface area contributed by atoms with Crippen LogP contribution in [0, 0.1) is 11.8 Å². The van der Waals surface area contributed by atoms with Gasteiger partial charge in [-0.05, 0) is 97.1 Å². The molecule has 34 heavy (non-hydrogen) atoms. The first-order valence-corrected chi connectivity index (χ1v) is 13.4. The van der Waals surface area contributed by atoms with Gasteiger partial charge in [0.05, 0.1) is 5.69 Å². The molecule has 2 aromatic rings. The van der Waals surface area contributed by atoms with Crippen LogP contribution in [0.3, 0.4) is 0 Å². The van der Waals surface area contributed by atoms with Crippen LogP contribution in [0.25, 0.3) is 11.3 Å². The number of nitrogens with two attached hydrogens (primary N) is 1. The summed E-state index contributed by atoms with van der Waals surface area (Å²) in [7, 11) is 0. The van der Waals surface area contributed by atoms with Gasteiger partial charge < -0.3 is 15.7 Å². The van der Waals surface area contributed by atoms with Crippen LogP contribution in [-0.2, 0) is 10.8 Å². The van der Waals surface area contributed by atoms with Gasteiger partial charge in [0.1, 0.15) is 5.82 Å². The standard InChI is InChI=1S/C30H45N3O/c1-29(2)15-16-30(3,4)26-20-23(11-12-25(26)29)27-9-7-10-28(32-27)33-17-13-22(14-18-33)24(21-31)8-5-6-19-34/h7,9-12,20,22,24,34H,5-6,8,13-19,21,31H2,1-4H3. The van der Waals surface area contributed by atoms with Gasteiger partial charge in [0.25, 0.3) is 0 Å². The van der Waals surface area contributed by atoms with E-state index in [0.29, 0.717) is 11.8 Å². The monoisotopic (exact) mass is 463 g/mol. The van der Waals surface area contributed by atoms with Crippen molar-refractivity contribution < 1.29 is 5.11 Å². The topological polar surface area (TPSA) is 62.4 Å². The van der Waals surface area contributed by atoms with Crippen molar-refractivity contribution in [1.82, 2.24) is 4.98 Å². The van der Waals surface area contributed by atoms with Crippen LogP contribution in [0.4, 0.5) is 5.82 Å². The zero-order chi connectivity index (χ0) is 24.3. The number of aliphatic hydroxyl groups excluding tert-OH is 1. The second kappa shape index (κ2) is 10.4. The van der Waals surface area contributed by atoms with E-state index in [9.17, 15) is 0 Å². The van der Waals surface area contributed by atoms with E-state index in [0.717, 1.165) is 50.4 Å². The molecule has 1 unspecified atom stereocenters. The molecular formula is C30H45N3O. The van der Waals surface area contributed by atoms with Gasteiger partial charge in [0.15, 0.2) is 0 Å². The number of aliphatic hydroxyl groups is 1. The lowest BCUT2D eigenvalue weighted by molar-refractivity contribution is 0.241. The fraction of sp³-hybridized carbons (Fsp3) is 0.633. The molecular weight excluding hydrogens is 418 g/mol. The first-order chi connectivity index (χ1) is 16.2. The number of aromatic nitrogens is 1. The van der Waals surface area contributed by atoms with Crippen LogP contribution in [0.5, 0.6) is 0 Å². The largest absolute Gasteiger partial charge is 0.396 e. The number of hydrogen-bond donors (Lipinski definition) is 2. The summed E-state index contributed by atoms with van der Waals surface area (Å²) >= 11 is 0. The quantitative estimate of drug-likeness (QED) is 0.468. The van der Waals surface area contributed by atoms with Crippen molar-refractivity contribution in [2.45, 2.75) is 83.5 Å². The number of rotatable bonds is 8. The summed E-state index contributed by atoms with van der Waals surface area (Å²) in [4.78, 5) is 7.58. The third-order valence-corrected chi connectivity index (χ3v) is 8.70. The van der Waals surface area contributed by atoms with Gasteiger partial charge in [-0.1, -0.05) is 52.3 Å². The van der Waals surface area contributed by atoms with Crippen molar-refractivity contribution in [2.75, 3.05) is 31.1 Å². The van der Waals surface area contributed by atoms with Crippen molar-refractivity contribution in [3.05, 3.63) is 47.5 Å². The van der Waals surface area contributed by atoms with Crippen LogP contribution in [0.15, 0.2) is 36.4 Å². The lowest BCUT2D eigenvalue weighted by Crippen LogP contribution is -2.38. The van der Waals surface area contributed by atoms with E-state index in [1.807, 2.05) is 0 Å². The minimum atomic E-state index is 0.205. The summed E-state index contributed by atoms with van der Waals surface area (Å²) in [5.41, 5.74) is 11.8. The fourth-order valence-electron chi connectivity index (χ4n) is 6.17. The highest BCUT2D eigenvalue weighted by Gasteiger charge is 2.37. The number of unbranched alkanes of at least 4 members (excludes halogenated alkanes) is 1. The highest BCUT2D eigenvalue weighted by Crippen LogP contribution is 2.46. The molecule has 1 aromatic carbocycles. The highest BCUT2D eigenvalue weighted by molar-refractivity contribution is 5.65. The molecule has 3 N–H and O–H groups in total. The second-order valence-corrected chi connectivity index (χ2v) is 11.9. The summed E-state index contributed by atoms with van der Waals surface area (Å²) in [6.45, 7) is 12.7. The molecule has 0 bridgehead atoms. The lowest BCUT2D eigenvalue weighted by atomic mass is 9.63. The summed E-state index contributed by atoms with van der Waals surface area (Å²) in [5.74, 6) is 2.36. The molecule has 0 amide bonds. The van der Waals surface area contributed by atoms with Crippen LogP contribution in [0.2, 0.25) is 0 Å². The molecule has 1 atom stereocenters. The molecule has 1 aliphatic heterocycles. The Labute approximate surface area is 207 Å². The molecule has 2 heterocycles. The fourth-order valence-corrected chi connectivity index (χ4v) is 6.17. The van der Waals surface area contributed by atoms with Gasteiger partial charge in [0, 0.05) is 25.3 Å². The molecule has 0 spiro atoms. The molecule has 2 aliphatic rings. The Morgan fingerprint density at radius 1 is 1.00 bits per heavy atom. The van der Waals surface area contributed by atoms with Crippen molar-refractivity contribution in [2.24, 2.45) is 17.6 Å². The Kier molecular flexibility index (Phi) is 7.69. The van der Waals surface area contributed by atoms with Gasteiger partial charge in [-0.2, -0.15) is 0 Å². The maximum Gasteiger partial charge on any atom is 0.129 e. The maximum absolute atomic E-state index is 9.09. The zero-order valence-electron chi connectivity index (χ0n) is 21.8. The van der Waals surface area contributed by atoms with E-state index in [1.54, 1.807) is 0 Å². The SMILES string of the molecule is CC1(C)CCC(C)(C)c2cc(-c3cccc(N4CCC(C(CN)CCCCO)CC4)n3)ccc21.